The summed E-state index contributed by atoms with van der Waals surface area (Å²) in [5.41, 5.74) is 4.08. The maximum Gasteiger partial charge on any atom is 0.229 e. The Hall–Kier alpha value is -3.64. The normalized spacial score (nSPS) is 11.0. The lowest BCUT2D eigenvalue weighted by atomic mass is 10.1. The Kier molecular flexibility index (Phi) is 6.29. The number of pyridine rings is 1. The summed E-state index contributed by atoms with van der Waals surface area (Å²) in [5, 5.41) is 3.82. The van der Waals surface area contributed by atoms with Crippen molar-refractivity contribution in [1.82, 2.24) is 9.97 Å². The molecule has 0 saturated carbocycles. The second-order valence-corrected chi connectivity index (χ2v) is 8.24. The van der Waals surface area contributed by atoms with Crippen LogP contribution in [0.3, 0.4) is 0 Å². The van der Waals surface area contributed by atoms with Crippen molar-refractivity contribution in [2.24, 2.45) is 0 Å². The number of nitrogens with one attached hydrogen (secondary N) is 1. The van der Waals surface area contributed by atoms with Crippen molar-refractivity contribution in [2.75, 3.05) is 5.32 Å². The monoisotopic (exact) mass is 429 g/mol. The molecule has 0 spiro atoms. The SMILES string of the molecule is Cc1nc(-c2ccc(F)cc2)c(CC(=O)Nc2cccc(/C=C/c3ccccn3)c2)s1. The number of amides is 1. The van der Waals surface area contributed by atoms with E-state index in [4.69, 9.17) is 0 Å². The van der Waals surface area contributed by atoms with Crippen LogP contribution in [-0.2, 0) is 11.2 Å². The molecule has 4 rings (SSSR count). The Morgan fingerprint density at radius 2 is 1.90 bits per heavy atom. The van der Waals surface area contributed by atoms with Crippen molar-refractivity contribution in [2.45, 2.75) is 13.3 Å². The fourth-order valence-corrected chi connectivity index (χ4v) is 4.11. The van der Waals surface area contributed by atoms with Crippen molar-refractivity contribution in [3.8, 4) is 11.3 Å². The summed E-state index contributed by atoms with van der Waals surface area (Å²) < 4.78 is 13.3. The first-order valence-electron chi connectivity index (χ1n) is 9.78. The van der Waals surface area contributed by atoms with Crippen LogP contribution in [-0.4, -0.2) is 15.9 Å². The highest BCUT2D eigenvalue weighted by atomic mass is 32.1. The van der Waals surface area contributed by atoms with Crippen molar-refractivity contribution in [1.29, 1.82) is 0 Å². The van der Waals surface area contributed by atoms with Gasteiger partial charge in [0.05, 0.1) is 22.8 Å². The largest absolute Gasteiger partial charge is 0.326 e. The third kappa shape index (κ3) is 5.49. The third-order valence-corrected chi connectivity index (χ3v) is 5.52. The number of nitrogens with zero attached hydrogens (tertiary/aromatic N) is 2. The van der Waals surface area contributed by atoms with Crippen molar-refractivity contribution in [3.63, 3.8) is 0 Å². The van der Waals surface area contributed by atoms with Gasteiger partial charge in [0.15, 0.2) is 0 Å². The summed E-state index contributed by atoms with van der Waals surface area (Å²) >= 11 is 1.48. The van der Waals surface area contributed by atoms with Gasteiger partial charge in [0.1, 0.15) is 5.82 Å². The van der Waals surface area contributed by atoms with E-state index in [0.29, 0.717) is 0 Å². The van der Waals surface area contributed by atoms with Gasteiger partial charge in [-0.3, -0.25) is 9.78 Å². The van der Waals surface area contributed by atoms with E-state index in [0.717, 1.165) is 38.1 Å². The summed E-state index contributed by atoms with van der Waals surface area (Å²) in [4.78, 5) is 22.4. The number of carbonyl (C=O) groups is 1. The topological polar surface area (TPSA) is 54.9 Å². The highest BCUT2D eigenvalue weighted by Gasteiger charge is 2.15. The Labute approximate surface area is 184 Å². The molecular formula is C25H20FN3OS. The number of aryl methyl sites for hydroxylation is 1. The van der Waals surface area contributed by atoms with Gasteiger partial charge in [-0.05, 0) is 67.1 Å². The van der Waals surface area contributed by atoms with Gasteiger partial charge in [-0.2, -0.15) is 0 Å². The molecule has 0 fully saturated rings. The molecule has 0 atom stereocenters. The molecule has 0 saturated heterocycles. The van der Waals surface area contributed by atoms with Gasteiger partial charge < -0.3 is 5.32 Å². The molecule has 154 valence electrons. The minimum atomic E-state index is -0.299. The van der Waals surface area contributed by atoms with Crippen molar-refractivity contribution >= 4 is 35.1 Å². The van der Waals surface area contributed by atoms with E-state index in [1.54, 1.807) is 18.3 Å². The van der Waals surface area contributed by atoms with E-state index in [9.17, 15) is 9.18 Å². The molecule has 0 unspecified atom stereocenters. The maximum absolute atomic E-state index is 13.3. The molecule has 6 heteroatoms. The van der Waals surface area contributed by atoms with E-state index in [1.165, 1.54) is 23.5 Å². The minimum Gasteiger partial charge on any atom is -0.326 e. The third-order valence-electron chi connectivity index (χ3n) is 4.55. The lowest BCUT2D eigenvalue weighted by Gasteiger charge is -2.07. The molecule has 2 aromatic carbocycles. The Bertz CT molecular complexity index is 1220. The second-order valence-electron chi connectivity index (χ2n) is 6.95. The zero-order valence-corrected chi connectivity index (χ0v) is 17.7. The zero-order valence-electron chi connectivity index (χ0n) is 16.9. The molecule has 2 aromatic heterocycles. The number of aromatic nitrogens is 2. The number of halogens is 1. The highest BCUT2D eigenvalue weighted by Crippen LogP contribution is 2.29. The molecule has 0 bridgehead atoms. The number of thiazole rings is 1. The molecule has 0 aliphatic heterocycles. The van der Waals surface area contributed by atoms with Gasteiger partial charge >= 0.3 is 0 Å². The number of hydrogen-bond donors (Lipinski definition) is 1. The molecule has 0 aliphatic rings. The van der Waals surface area contributed by atoms with E-state index in [1.807, 2.05) is 61.5 Å². The van der Waals surface area contributed by atoms with Crippen LogP contribution in [0, 0.1) is 12.7 Å². The second kappa shape index (κ2) is 9.45. The Morgan fingerprint density at radius 3 is 2.68 bits per heavy atom. The first-order valence-corrected chi connectivity index (χ1v) is 10.6. The smallest absolute Gasteiger partial charge is 0.229 e. The molecular weight excluding hydrogens is 409 g/mol. The number of rotatable bonds is 6. The molecule has 0 radical (unpaired) electrons. The van der Waals surface area contributed by atoms with Gasteiger partial charge in [0, 0.05) is 22.3 Å². The van der Waals surface area contributed by atoms with Crippen LogP contribution in [0.2, 0.25) is 0 Å². The van der Waals surface area contributed by atoms with Crippen LogP contribution in [0.15, 0.2) is 72.9 Å². The summed E-state index contributed by atoms with van der Waals surface area (Å²) in [5.74, 6) is -0.426. The first kappa shape index (κ1) is 20.6. The predicted octanol–water partition coefficient (Wildman–Crippen LogP) is 6.00. The fourth-order valence-electron chi connectivity index (χ4n) is 3.15. The molecule has 1 N–H and O–H groups in total. The molecule has 31 heavy (non-hydrogen) atoms. The van der Waals surface area contributed by atoms with Crippen LogP contribution in [0.5, 0.6) is 0 Å². The zero-order chi connectivity index (χ0) is 21.6. The van der Waals surface area contributed by atoms with Crippen molar-refractivity contribution in [3.05, 3.63) is 99.9 Å². The number of benzene rings is 2. The van der Waals surface area contributed by atoms with Gasteiger partial charge in [-0.1, -0.05) is 24.3 Å². The van der Waals surface area contributed by atoms with E-state index >= 15 is 0 Å². The van der Waals surface area contributed by atoms with Crippen LogP contribution < -0.4 is 5.32 Å². The first-order chi connectivity index (χ1) is 15.1. The quantitative estimate of drug-likeness (QED) is 0.409. The van der Waals surface area contributed by atoms with Crippen molar-refractivity contribution < 1.29 is 9.18 Å². The lowest BCUT2D eigenvalue weighted by Crippen LogP contribution is -2.14. The van der Waals surface area contributed by atoms with E-state index in [-0.39, 0.29) is 18.1 Å². The summed E-state index contributed by atoms with van der Waals surface area (Å²) in [6.45, 7) is 1.90. The Morgan fingerprint density at radius 1 is 1.06 bits per heavy atom. The van der Waals surface area contributed by atoms with Crippen LogP contribution >= 0.6 is 11.3 Å². The predicted molar refractivity (Wildman–Crippen MR) is 124 cm³/mol. The fraction of sp³-hybridized carbons (Fsp3) is 0.0800. The molecule has 4 aromatic rings. The molecule has 4 nitrogen and oxygen atoms in total. The summed E-state index contributed by atoms with van der Waals surface area (Å²) in [6.07, 6.45) is 5.83. The lowest BCUT2D eigenvalue weighted by molar-refractivity contribution is -0.115. The van der Waals surface area contributed by atoms with Crippen LogP contribution in [0.4, 0.5) is 10.1 Å². The van der Waals surface area contributed by atoms with E-state index < -0.39 is 0 Å². The molecule has 1 amide bonds. The number of anilines is 1. The number of hydrogen-bond acceptors (Lipinski definition) is 4. The molecule has 0 aliphatic carbocycles. The molecule has 2 heterocycles. The standard InChI is InChI=1S/C25H20FN3OS/c1-17-28-25(19-9-11-20(26)12-10-19)23(31-17)16-24(30)29-22-7-4-5-18(15-22)8-13-21-6-2-3-14-27-21/h2-15H,16H2,1H3,(H,29,30)/b13-8+. The van der Waals surface area contributed by atoms with Crippen LogP contribution in [0.1, 0.15) is 21.1 Å². The average molecular weight is 430 g/mol. The summed E-state index contributed by atoms with van der Waals surface area (Å²) in [7, 11) is 0. The summed E-state index contributed by atoms with van der Waals surface area (Å²) in [6, 6.07) is 19.5. The number of carbonyl (C=O) groups excluding carboxylic acids is 1. The van der Waals surface area contributed by atoms with Crippen LogP contribution in [0.25, 0.3) is 23.4 Å². The van der Waals surface area contributed by atoms with Gasteiger partial charge in [0.2, 0.25) is 5.91 Å². The minimum absolute atomic E-state index is 0.127. The van der Waals surface area contributed by atoms with Gasteiger partial charge in [0.25, 0.3) is 0 Å². The highest BCUT2D eigenvalue weighted by molar-refractivity contribution is 7.12. The Balaban J connectivity index is 1.46. The van der Waals surface area contributed by atoms with Gasteiger partial charge in [-0.15, -0.1) is 11.3 Å². The maximum atomic E-state index is 13.3. The van der Waals surface area contributed by atoms with E-state index in [2.05, 4.69) is 15.3 Å². The van der Waals surface area contributed by atoms with Gasteiger partial charge in [-0.25, -0.2) is 9.37 Å². The average Bonchev–Trinajstić information content (AvgIpc) is 3.13.